The fourth-order valence-electron chi connectivity index (χ4n) is 2.01. The summed E-state index contributed by atoms with van der Waals surface area (Å²) in [7, 11) is 0. The minimum Gasteiger partial charge on any atom is -0.461 e. The van der Waals surface area contributed by atoms with Crippen LogP contribution in [-0.4, -0.2) is 40.5 Å². The molecule has 0 spiro atoms. The number of rotatable bonds is 4. The number of hydrazine groups is 1. The average Bonchev–Trinajstić information content (AvgIpc) is 2.39. The van der Waals surface area contributed by atoms with Crippen LogP contribution in [-0.2, 0) is 9.53 Å². The van der Waals surface area contributed by atoms with Crippen LogP contribution < -0.4 is 11.3 Å². The molecule has 98 valence electrons. The molecule has 0 aromatic carbocycles. The molecule has 6 nitrogen and oxygen atoms in total. The molecule has 0 aromatic rings. The van der Waals surface area contributed by atoms with Gasteiger partial charge in [-0.1, -0.05) is 6.08 Å². The zero-order chi connectivity index (χ0) is 13.3. The molecular weight excluding hydrogens is 222 g/mol. The molecule has 1 heterocycles. The van der Waals surface area contributed by atoms with Gasteiger partial charge in [-0.2, -0.15) is 5.06 Å². The number of esters is 1. The second kappa shape index (κ2) is 4.73. The van der Waals surface area contributed by atoms with E-state index in [9.17, 15) is 10.0 Å². The third kappa shape index (κ3) is 2.66. The SMILES string of the molecule is CC1(C)C=C(C(=O)OCCNN)C(C)(C)N1O. The Bertz CT molecular complexity index is 337. The van der Waals surface area contributed by atoms with Gasteiger partial charge in [0.1, 0.15) is 6.61 Å². The van der Waals surface area contributed by atoms with Crippen LogP contribution in [0.15, 0.2) is 11.6 Å². The standard InChI is InChI=1S/C11H21N3O3/c1-10(2)7-8(11(3,4)14(10)16)9(15)17-6-5-13-12/h7,13,16H,5-6,12H2,1-4H3. The van der Waals surface area contributed by atoms with Crippen molar-refractivity contribution in [2.24, 2.45) is 5.84 Å². The van der Waals surface area contributed by atoms with Crippen LogP contribution in [0.3, 0.4) is 0 Å². The molecule has 0 aliphatic carbocycles. The molecule has 17 heavy (non-hydrogen) atoms. The summed E-state index contributed by atoms with van der Waals surface area (Å²) >= 11 is 0. The number of carbonyl (C=O) groups is 1. The Hall–Kier alpha value is -0.950. The van der Waals surface area contributed by atoms with E-state index in [0.29, 0.717) is 12.1 Å². The molecule has 6 heteroatoms. The summed E-state index contributed by atoms with van der Waals surface area (Å²) in [5, 5.41) is 11.2. The van der Waals surface area contributed by atoms with Gasteiger partial charge in [-0.15, -0.1) is 0 Å². The molecule has 0 atom stereocenters. The molecule has 0 saturated heterocycles. The number of hydroxylamine groups is 2. The fourth-order valence-corrected chi connectivity index (χ4v) is 2.01. The molecule has 0 aromatic heterocycles. The Morgan fingerprint density at radius 3 is 2.53 bits per heavy atom. The highest BCUT2D eigenvalue weighted by Crippen LogP contribution is 2.38. The van der Waals surface area contributed by atoms with E-state index in [4.69, 9.17) is 10.6 Å². The molecule has 1 aliphatic heterocycles. The zero-order valence-corrected chi connectivity index (χ0v) is 10.8. The molecule has 0 saturated carbocycles. The normalized spacial score (nSPS) is 22.4. The van der Waals surface area contributed by atoms with Crippen LogP contribution >= 0.6 is 0 Å². The summed E-state index contributed by atoms with van der Waals surface area (Å²) in [6.07, 6.45) is 1.73. The molecule has 1 aliphatic rings. The van der Waals surface area contributed by atoms with Gasteiger partial charge in [-0.05, 0) is 27.7 Å². The lowest BCUT2D eigenvalue weighted by Gasteiger charge is -2.35. The van der Waals surface area contributed by atoms with Crippen molar-refractivity contribution < 1.29 is 14.7 Å². The van der Waals surface area contributed by atoms with Crippen molar-refractivity contribution in [1.29, 1.82) is 0 Å². The molecular formula is C11H21N3O3. The van der Waals surface area contributed by atoms with Crippen molar-refractivity contribution in [1.82, 2.24) is 10.5 Å². The van der Waals surface area contributed by atoms with Crippen LogP contribution in [0.1, 0.15) is 27.7 Å². The van der Waals surface area contributed by atoms with Gasteiger partial charge in [-0.25, -0.2) is 4.79 Å². The Morgan fingerprint density at radius 2 is 2.12 bits per heavy atom. The molecule has 1 rings (SSSR count). The van der Waals surface area contributed by atoms with Crippen molar-refractivity contribution >= 4 is 5.97 Å². The van der Waals surface area contributed by atoms with Crippen molar-refractivity contribution in [3.8, 4) is 0 Å². The Morgan fingerprint density at radius 1 is 1.53 bits per heavy atom. The number of carbonyl (C=O) groups excluding carboxylic acids is 1. The monoisotopic (exact) mass is 243 g/mol. The first kappa shape index (κ1) is 14.1. The topological polar surface area (TPSA) is 87.8 Å². The van der Waals surface area contributed by atoms with Gasteiger partial charge in [0, 0.05) is 6.54 Å². The van der Waals surface area contributed by atoms with Gasteiger partial charge >= 0.3 is 5.97 Å². The van der Waals surface area contributed by atoms with Crippen molar-refractivity contribution in [2.75, 3.05) is 13.2 Å². The minimum atomic E-state index is -0.753. The number of hydrogen-bond donors (Lipinski definition) is 3. The summed E-state index contributed by atoms with van der Waals surface area (Å²) in [5.41, 5.74) is 1.53. The quantitative estimate of drug-likeness (QED) is 0.282. The van der Waals surface area contributed by atoms with Crippen LogP contribution in [0.4, 0.5) is 0 Å². The van der Waals surface area contributed by atoms with E-state index in [0.717, 1.165) is 5.06 Å². The van der Waals surface area contributed by atoms with Crippen molar-refractivity contribution in [3.63, 3.8) is 0 Å². The van der Waals surface area contributed by atoms with Crippen LogP contribution in [0, 0.1) is 0 Å². The lowest BCUT2D eigenvalue weighted by molar-refractivity contribution is -0.187. The van der Waals surface area contributed by atoms with Gasteiger partial charge in [0.05, 0.1) is 16.7 Å². The molecule has 0 radical (unpaired) electrons. The third-order valence-corrected chi connectivity index (χ3v) is 2.93. The summed E-state index contributed by atoms with van der Waals surface area (Å²) in [5.74, 6) is 4.66. The molecule has 0 unspecified atom stereocenters. The van der Waals surface area contributed by atoms with Gasteiger partial charge in [0.15, 0.2) is 0 Å². The Balaban J connectivity index is 2.79. The lowest BCUT2D eigenvalue weighted by Crippen LogP contribution is -2.48. The first-order valence-electron chi connectivity index (χ1n) is 5.56. The highest BCUT2D eigenvalue weighted by Gasteiger charge is 2.48. The van der Waals surface area contributed by atoms with Crippen LogP contribution in [0.5, 0.6) is 0 Å². The summed E-state index contributed by atoms with van der Waals surface area (Å²) < 4.78 is 5.06. The van der Waals surface area contributed by atoms with Gasteiger partial charge < -0.3 is 9.94 Å². The first-order chi connectivity index (χ1) is 7.73. The molecule has 0 fully saturated rings. The van der Waals surface area contributed by atoms with Gasteiger partial charge in [-0.3, -0.25) is 11.3 Å². The van der Waals surface area contributed by atoms with E-state index in [-0.39, 0.29) is 6.61 Å². The fraction of sp³-hybridized carbons (Fsp3) is 0.727. The Labute approximate surface area is 101 Å². The maximum absolute atomic E-state index is 11.9. The van der Waals surface area contributed by atoms with E-state index < -0.39 is 17.0 Å². The Kier molecular flexibility index (Phi) is 3.93. The van der Waals surface area contributed by atoms with E-state index in [1.54, 1.807) is 19.9 Å². The van der Waals surface area contributed by atoms with E-state index >= 15 is 0 Å². The largest absolute Gasteiger partial charge is 0.461 e. The predicted molar refractivity (Wildman–Crippen MR) is 63.0 cm³/mol. The highest BCUT2D eigenvalue weighted by molar-refractivity contribution is 5.92. The molecule has 4 N–H and O–H groups in total. The predicted octanol–water partition coefficient (Wildman–Crippen LogP) is 0.181. The number of hydrogen-bond acceptors (Lipinski definition) is 6. The minimum absolute atomic E-state index is 0.203. The van der Waals surface area contributed by atoms with Crippen LogP contribution in [0.2, 0.25) is 0 Å². The van der Waals surface area contributed by atoms with Gasteiger partial charge in [0.25, 0.3) is 0 Å². The third-order valence-electron chi connectivity index (χ3n) is 2.93. The number of nitrogens with two attached hydrogens (primary N) is 1. The van der Waals surface area contributed by atoms with Crippen molar-refractivity contribution in [2.45, 2.75) is 38.8 Å². The second-order valence-electron chi connectivity index (χ2n) is 5.17. The molecule has 0 amide bonds. The summed E-state index contributed by atoms with van der Waals surface area (Å²) in [4.78, 5) is 11.9. The zero-order valence-electron chi connectivity index (χ0n) is 10.8. The maximum atomic E-state index is 11.9. The van der Waals surface area contributed by atoms with E-state index in [2.05, 4.69) is 5.43 Å². The average molecular weight is 243 g/mol. The smallest absolute Gasteiger partial charge is 0.335 e. The number of nitrogens with zero attached hydrogens (tertiary/aromatic N) is 1. The van der Waals surface area contributed by atoms with Crippen LogP contribution in [0.25, 0.3) is 0 Å². The number of nitrogens with one attached hydrogen (secondary N) is 1. The summed E-state index contributed by atoms with van der Waals surface area (Å²) in [6, 6.07) is 0. The highest BCUT2D eigenvalue weighted by atomic mass is 16.5. The summed E-state index contributed by atoms with van der Waals surface area (Å²) in [6.45, 7) is 7.80. The lowest BCUT2D eigenvalue weighted by atomic mass is 9.97. The van der Waals surface area contributed by atoms with E-state index in [1.165, 1.54) is 0 Å². The second-order valence-corrected chi connectivity index (χ2v) is 5.17. The first-order valence-corrected chi connectivity index (χ1v) is 5.56. The number of ether oxygens (including phenoxy) is 1. The van der Waals surface area contributed by atoms with Crippen molar-refractivity contribution in [3.05, 3.63) is 11.6 Å². The van der Waals surface area contributed by atoms with Gasteiger partial charge in [0.2, 0.25) is 0 Å². The maximum Gasteiger partial charge on any atom is 0.335 e. The van der Waals surface area contributed by atoms with E-state index in [1.807, 2.05) is 13.8 Å². The molecule has 0 bridgehead atoms.